The summed E-state index contributed by atoms with van der Waals surface area (Å²) in [5.41, 5.74) is 2.82. The van der Waals surface area contributed by atoms with Gasteiger partial charge in [0.05, 0.1) is 5.56 Å². The number of piperazine rings is 1. The lowest BCUT2D eigenvalue weighted by Crippen LogP contribution is -2.51. The highest BCUT2D eigenvalue weighted by Gasteiger charge is 2.34. The van der Waals surface area contributed by atoms with Gasteiger partial charge in [0.2, 0.25) is 0 Å². The van der Waals surface area contributed by atoms with E-state index >= 15 is 0 Å². The van der Waals surface area contributed by atoms with Crippen LogP contribution in [0, 0.1) is 0 Å². The lowest BCUT2D eigenvalue weighted by atomic mass is 10.2. The molecule has 2 bridgehead atoms. The van der Waals surface area contributed by atoms with E-state index in [2.05, 4.69) is 33.6 Å². The van der Waals surface area contributed by atoms with Gasteiger partial charge < -0.3 is 14.6 Å². The van der Waals surface area contributed by atoms with E-state index in [-0.39, 0.29) is 0 Å². The zero-order valence-electron chi connectivity index (χ0n) is 13.4. The number of hydrogen-bond acceptors (Lipinski definition) is 7. The van der Waals surface area contributed by atoms with E-state index in [1.165, 1.54) is 17.7 Å². The van der Waals surface area contributed by atoms with Crippen LogP contribution in [-0.2, 0) is 0 Å². The first-order valence-electron chi connectivity index (χ1n) is 8.19. The van der Waals surface area contributed by atoms with Gasteiger partial charge >= 0.3 is 0 Å². The second-order valence-corrected chi connectivity index (χ2v) is 8.17. The smallest absolute Gasteiger partial charge is 0.298 e. The van der Waals surface area contributed by atoms with Crippen LogP contribution in [0.2, 0.25) is 0 Å². The zero-order chi connectivity index (χ0) is 16.1. The molecule has 4 heterocycles. The third-order valence-electron chi connectivity index (χ3n) is 4.84. The van der Waals surface area contributed by atoms with Crippen LogP contribution < -0.4 is 10.2 Å². The van der Waals surface area contributed by atoms with Crippen molar-refractivity contribution >= 4 is 40.2 Å². The average molecular weight is 358 g/mol. The van der Waals surface area contributed by atoms with Crippen LogP contribution in [-0.4, -0.2) is 41.4 Å². The fourth-order valence-corrected chi connectivity index (χ4v) is 4.83. The van der Waals surface area contributed by atoms with Gasteiger partial charge in [-0.3, -0.25) is 0 Å². The largest absolute Gasteiger partial charge is 0.423 e. The fourth-order valence-electron chi connectivity index (χ4n) is 3.72. The molecule has 2 aromatic heterocycles. The number of benzene rings is 1. The molecule has 5 rings (SSSR count). The van der Waals surface area contributed by atoms with Crippen molar-refractivity contribution in [2.75, 3.05) is 24.2 Å². The summed E-state index contributed by atoms with van der Waals surface area (Å²) >= 11 is 3.36. The molecule has 0 amide bonds. The highest BCUT2D eigenvalue weighted by Crippen LogP contribution is 2.37. The molecule has 1 aromatic carbocycles. The maximum Gasteiger partial charge on any atom is 0.298 e. The average Bonchev–Trinajstić information content (AvgIpc) is 3.33. The highest BCUT2D eigenvalue weighted by atomic mass is 32.2. The van der Waals surface area contributed by atoms with Gasteiger partial charge in [-0.2, -0.15) is 4.98 Å². The molecule has 7 heteroatoms. The molecule has 2 fully saturated rings. The van der Waals surface area contributed by atoms with Crippen LogP contribution in [0.4, 0.5) is 6.01 Å². The van der Waals surface area contributed by atoms with Gasteiger partial charge in [-0.05, 0) is 31.2 Å². The highest BCUT2D eigenvalue weighted by molar-refractivity contribution is 7.98. The van der Waals surface area contributed by atoms with E-state index < -0.39 is 0 Å². The second-order valence-electron chi connectivity index (χ2n) is 6.40. The molecule has 0 radical (unpaired) electrons. The molecule has 3 aromatic rings. The van der Waals surface area contributed by atoms with Crippen LogP contribution in [0.1, 0.15) is 12.8 Å². The van der Waals surface area contributed by atoms with E-state index in [4.69, 9.17) is 9.40 Å². The standard InChI is InChI=1S/C17H18N4OS2/c1-23-12-6-13(16-18-4-5-24-16)15-14(7-12)20-17(22-15)21-8-10-2-3-11(9-21)19-10/h4-7,10-11,19H,2-3,8-9H2,1H3. The van der Waals surface area contributed by atoms with Gasteiger partial charge in [-0.15, -0.1) is 23.1 Å². The van der Waals surface area contributed by atoms with Crippen molar-refractivity contribution in [3.05, 3.63) is 23.7 Å². The summed E-state index contributed by atoms with van der Waals surface area (Å²) in [7, 11) is 0. The number of nitrogens with zero attached hydrogens (tertiary/aromatic N) is 3. The van der Waals surface area contributed by atoms with E-state index in [1.807, 2.05) is 11.6 Å². The third kappa shape index (κ3) is 2.42. The minimum Gasteiger partial charge on any atom is -0.423 e. The Morgan fingerprint density at radius 2 is 2.12 bits per heavy atom. The third-order valence-corrected chi connectivity index (χ3v) is 6.35. The summed E-state index contributed by atoms with van der Waals surface area (Å²) < 4.78 is 6.23. The van der Waals surface area contributed by atoms with Gasteiger partial charge in [-0.1, -0.05) is 0 Å². The number of thiazole rings is 1. The summed E-state index contributed by atoms with van der Waals surface area (Å²) in [5, 5.41) is 6.64. The van der Waals surface area contributed by atoms with Gasteiger partial charge in [0.15, 0.2) is 5.58 Å². The van der Waals surface area contributed by atoms with Crippen LogP contribution in [0.3, 0.4) is 0 Å². The Bertz CT molecular complexity index is 864. The Kier molecular flexibility index (Phi) is 3.53. The summed E-state index contributed by atoms with van der Waals surface area (Å²) in [6, 6.07) is 6.15. The summed E-state index contributed by atoms with van der Waals surface area (Å²) in [6.07, 6.45) is 6.43. The number of hydrogen-bond donors (Lipinski definition) is 1. The molecule has 5 nitrogen and oxygen atoms in total. The molecule has 2 aliphatic heterocycles. The molecule has 0 spiro atoms. The van der Waals surface area contributed by atoms with Gasteiger partial charge in [0.1, 0.15) is 10.5 Å². The lowest BCUT2D eigenvalue weighted by molar-refractivity contribution is 0.437. The van der Waals surface area contributed by atoms with E-state index in [1.54, 1.807) is 23.1 Å². The number of nitrogens with one attached hydrogen (secondary N) is 1. The zero-order valence-corrected chi connectivity index (χ0v) is 15.0. The first-order valence-corrected chi connectivity index (χ1v) is 10.3. The first-order chi connectivity index (χ1) is 11.8. The molecule has 2 saturated heterocycles. The van der Waals surface area contributed by atoms with E-state index in [0.29, 0.717) is 12.1 Å². The molecule has 2 aliphatic rings. The summed E-state index contributed by atoms with van der Waals surface area (Å²) in [6.45, 7) is 1.95. The van der Waals surface area contributed by atoms with Crippen molar-refractivity contribution in [2.24, 2.45) is 0 Å². The summed E-state index contributed by atoms with van der Waals surface area (Å²) in [4.78, 5) is 12.8. The second kappa shape index (κ2) is 5.75. The van der Waals surface area contributed by atoms with Gasteiger partial charge in [-0.25, -0.2) is 4.98 Å². The summed E-state index contributed by atoms with van der Waals surface area (Å²) in [5.74, 6) is 0. The van der Waals surface area contributed by atoms with Crippen molar-refractivity contribution in [1.29, 1.82) is 0 Å². The quantitative estimate of drug-likeness (QED) is 0.722. The Morgan fingerprint density at radius 3 is 2.83 bits per heavy atom. The molecular formula is C17H18N4OS2. The van der Waals surface area contributed by atoms with Crippen LogP contribution in [0.15, 0.2) is 33.0 Å². The topological polar surface area (TPSA) is 54.2 Å². The number of rotatable bonds is 3. The maximum atomic E-state index is 6.23. The first kappa shape index (κ1) is 14.7. The fraction of sp³-hybridized carbons (Fsp3) is 0.412. The molecule has 24 heavy (non-hydrogen) atoms. The number of oxazole rings is 1. The minimum atomic E-state index is 0.568. The predicted molar refractivity (Wildman–Crippen MR) is 99.1 cm³/mol. The molecular weight excluding hydrogens is 340 g/mol. The number of aromatic nitrogens is 2. The molecule has 2 unspecified atom stereocenters. The Hall–Kier alpha value is -1.57. The maximum absolute atomic E-state index is 6.23. The van der Waals surface area contributed by atoms with Crippen LogP contribution in [0.5, 0.6) is 0 Å². The molecule has 124 valence electrons. The Morgan fingerprint density at radius 1 is 1.29 bits per heavy atom. The normalized spacial score (nSPS) is 23.3. The van der Waals surface area contributed by atoms with Gasteiger partial charge in [0, 0.05) is 41.6 Å². The Labute approximate surface area is 148 Å². The van der Waals surface area contributed by atoms with Crippen molar-refractivity contribution < 1.29 is 4.42 Å². The molecule has 0 aliphatic carbocycles. The van der Waals surface area contributed by atoms with E-state index in [0.717, 1.165) is 40.8 Å². The lowest BCUT2D eigenvalue weighted by Gasteiger charge is -2.31. The van der Waals surface area contributed by atoms with Crippen molar-refractivity contribution in [2.45, 2.75) is 29.8 Å². The predicted octanol–water partition coefficient (Wildman–Crippen LogP) is 3.61. The van der Waals surface area contributed by atoms with E-state index in [9.17, 15) is 0 Å². The van der Waals surface area contributed by atoms with Crippen LogP contribution >= 0.6 is 23.1 Å². The van der Waals surface area contributed by atoms with Crippen molar-refractivity contribution in [1.82, 2.24) is 15.3 Å². The van der Waals surface area contributed by atoms with Gasteiger partial charge in [0.25, 0.3) is 6.01 Å². The number of fused-ring (bicyclic) bond motifs is 3. The minimum absolute atomic E-state index is 0.568. The monoisotopic (exact) mass is 358 g/mol. The van der Waals surface area contributed by atoms with Crippen molar-refractivity contribution in [3.8, 4) is 10.6 Å². The molecule has 2 atom stereocenters. The molecule has 0 saturated carbocycles. The van der Waals surface area contributed by atoms with Crippen LogP contribution in [0.25, 0.3) is 21.7 Å². The Balaban J connectivity index is 1.61. The number of anilines is 1. The SMILES string of the molecule is CSc1cc(-c2nccs2)c2oc(N3CC4CCC(C3)N4)nc2c1. The number of thioether (sulfide) groups is 1. The van der Waals surface area contributed by atoms with Crippen molar-refractivity contribution in [3.63, 3.8) is 0 Å². The molecule has 1 N–H and O–H groups in total.